The Bertz CT molecular complexity index is 1670. The zero-order valence-corrected chi connectivity index (χ0v) is 33.4. The van der Waals surface area contributed by atoms with Gasteiger partial charge in [-0.25, -0.2) is 0 Å². The summed E-state index contributed by atoms with van der Waals surface area (Å²) in [4.78, 5) is 32.0. The second kappa shape index (κ2) is 17.1. The Kier molecular flexibility index (Phi) is 13.3. The second-order valence-electron chi connectivity index (χ2n) is 15.2. The Morgan fingerprint density at radius 1 is 1.21 bits per heavy atom. The third-order valence-electron chi connectivity index (χ3n) is 11.5. The van der Waals surface area contributed by atoms with Crippen molar-refractivity contribution in [3.05, 3.63) is 82.8 Å². The average Bonchev–Trinajstić information content (AvgIpc) is 3.71. The number of carbonyl (C=O) groups excluding carboxylic acids is 2. The Morgan fingerprint density at radius 2 is 1.90 bits per heavy atom. The van der Waals surface area contributed by atoms with Crippen LogP contribution in [0.2, 0.25) is 0 Å². The number of amides is 2. The molecule has 10 nitrogen and oxygen atoms in total. The highest BCUT2D eigenvalue weighted by atomic mass is 16.4. The van der Waals surface area contributed by atoms with Crippen molar-refractivity contribution in [1.82, 2.24) is 30.2 Å². The van der Waals surface area contributed by atoms with E-state index < -0.39 is 5.41 Å². The fourth-order valence-corrected chi connectivity index (χ4v) is 8.50. The van der Waals surface area contributed by atoms with E-state index in [0.717, 1.165) is 30.4 Å². The van der Waals surface area contributed by atoms with Gasteiger partial charge in [-0.15, -0.1) is 10.2 Å². The summed E-state index contributed by atoms with van der Waals surface area (Å²) in [5, 5.41) is 22.0. The van der Waals surface area contributed by atoms with E-state index in [4.69, 9.17) is 4.42 Å². The number of hydrogen-bond acceptors (Lipinski definition) is 8. The first-order valence-electron chi connectivity index (χ1n) is 19.0. The number of aromatic nitrogens is 2. The molecule has 1 aliphatic heterocycles. The largest absolute Gasteiger partial charge is 0.427 e. The van der Waals surface area contributed by atoms with Crippen LogP contribution in [0.25, 0.3) is 0 Å². The minimum atomic E-state index is -0.766. The molecule has 2 amide bonds. The van der Waals surface area contributed by atoms with Gasteiger partial charge in [0.1, 0.15) is 6.04 Å². The van der Waals surface area contributed by atoms with E-state index in [-0.39, 0.29) is 42.4 Å². The topological polar surface area (TPSA) is 119 Å². The molecule has 1 saturated heterocycles. The van der Waals surface area contributed by atoms with E-state index in [1.54, 1.807) is 25.2 Å². The molecule has 4 aliphatic carbocycles. The van der Waals surface area contributed by atoms with Crippen molar-refractivity contribution in [2.45, 2.75) is 104 Å². The van der Waals surface area contributed by atoms with Crippen molar-refractivity contribution in [2.24, 2.45) is 23.7 Å². The Hall–Kier alpha value is -4.23. The van der Waals surface area contributed by atoms with E-state index in [0.29, 0.717) is 36.5 Å². The maximum atomic E-state index is 13.5. The van der Waals surface area contributed by atoms with Gasteiger partial charge in [0.05, 0.1) is 23.9 Å². The van der Waals surface area contributed by atoms with Crippen molar-refractivity contribution in [2.75, 3.05) is 34.7 Å². The lowest BCUT2D eigenvalue weighted by molar-refractivity contribution is -0.132. The number of carbonyl (C=O) groups is 2. The predicted molar refractivity (Wildman–Crippen MR) is 207 cm³/mol. The molecule has 8 atom stereocenters. The molecule has 0 radical (unpaired) electrons. The highest BCUT2D eigenvalue weighted by Crippen LogP contribution is 2.55. The molecular weight excluding hydrogens is 651 g/mol. The van der Waals surface area contributed by atoms with Gasteiger partial charge in [0.25, 0.3) is 0 Å². The van der Waals surface area contributed by atoms with Crippen LogP contribution in [-0.4, -0.2) is 89.6 Å². The summed E-state index contributed by atoms with van der Waals surface area (Å²) in [6, 6.07) is 2.09. The summed E-state index contributed by atoms with van der Waals surface area (Å²) in [5.74, 6) is 1.70. The third-order valence-corrected chi connectivity index (χ3v) is 11.5. The van der Waals surface area contributed by atoms with Crippen molar-refractivity contribution in [3.8, 4) is 6.07 Å². The number of fused-ring (bicyclic) bond motifs is 1. The van der Waals surface area contributed by atoms with Crippen LogP contribution >= 0.6 is 0 Å². The molecule has 1 aromatic heterocycles. The van der Waals surface area contributed by atoms with Crippen LogP contribution in [0, 0.1) is 35.0 Å². The van der Waals surface area contributed by atoms with Crippen LogP contribution in [-0.2, 0) is 15.0 Å². The van der Waals surface area contributed by atoms with Gasteiger partial charge in [0.15, 0.2) is 0 Å². The fraction of sp³-hybridized carbons (Fsp3) is 0.595. The molecule has 5 aliphatic rings. The molecule has 0 aromatic carbocycles. The summed E-state index contributed by atoms with van der Waals surface area (Å²) in [7, 11) is 7.49. The number of piperidine rings is 1. The number of allylic oxidation sites excluding steroid dienone is 9. The van der Waals surface area contributed by atoms with Gasteiger partial charge < -0.3 is 24.4 Å². The summed E-state index contributed by atoms with van der Waals surface area (Å²) >= 11 is 0. The van der Waals surface area contributed by atoms with Crippen LogP contribution in [0.4, 0.5) is 0 Å². The quantitative estimate of drug-likeness (QED) is 0.299. The summed E-state index contributed by atoms with van der Waals surface area (Å²) in [6.45, 7) is 18.4. The van der Waals surface area contributed by atoms with Gasteiger partial charge in [-0.1, -0.05) is 69.7 Å². The molecule has 2 saturated carbocycles. The summed E-state index contributed by atoms with van der Waals surface area (Å²) < 4.78 is 6.14. The molecule has 0 spiro atoms. The third kappa shape index (κ3) is 8.05. The van der Waals surface area contributed by atoms with Gasteiger partial charge in [0, 0.05) is 46.2 Å². The maximum Gasteiger partial charge on any atom is 0.237 e. The zero-order chi connectivity index (χ0) is 38.5. The molecule has 6 rings (SSSR count). The number of rotatable bonds is 9. The lowest BCUT2D eigenvalue weighted by Gasteiger charge is -2.39. The van der Waals surface area contributed by atoms with Crippen molar-refractivity contribution in [1.29, 1.82) is 5.26 Å². The molecule has 10 heteroatoms. The van der Waals surface area contributed by atoms with Crippen LogP contribution in [0.1, 0.15) is 86.5 Å². The predicted octanol–water partition coefficient (Wildman–Crippen LogP) is 6.75. The fourth-order valence-electron chi connectivity index (χ4n) is 8.50. The van der Waals surface area contributed by atoms with E-state index >= 15 is 0 Å². The standard InChI is InChI=1S/C36H46N6O3.C4H9N.C2H6/c1-8-27-22(4)28(27)15-31-20(2)9-10-24-13-25(34(44)41(6)7)11-12-30(24)36(31,35-40-39-19-45-35)16-21(3)38-18-32(43)42-26(17-37)14-29-23(5)33(29)42;1-4-5(2)3;1-2/h8,11-12,15,19,21-23,25-26,29,33,38H,9-10,13-14,16,18H2,1-7H3;4H,1H2,2-3H3;1-2H3/b27-8-,28-15-;;. The molecule has 2 heterocycles. The first kappa shape index (κ1) is 40.5. The van der Waals surface area contributed by atoms with Gasteiger partial charge >= 0.3 is 0 Å². The van der Waals surface area contributed by atoms with Crippen LogP contribution in [0.3, 0.4) is 0 Å². The maximum absolute atomic E-state index is 13.5. The SMILES string of the molecule is C/C=C1\C(=C/C2=C(C)CCC3=C(C=CC(C(=O)N(C)C)C3)C2(CC(C)NCC(=O)N2C(C#N)CC3C(C)C32)c2nnco2)C1C.C=CN(C)C.CC. The van der Waals surface area contributed by atoms with Crippen molar-refractivity contribution >= 4 is 11.8 Å². The summed E-state index contributed by atoms with van der Waals surface area (Å²) in [6.07, 6.45) is 15.6. The molecule has 52 heavy (non-hydrogen) atoms. The van der Waals surface area contributed by atoms with Crippen LogP contribution in [0.15, 0.2) is 81.3 Å². The molecule has 0 bridgehead atoms. The lowest BCUT2D eigenvalue weighted by Crippen LogP contribution is -2.47. The van der Waals surface area contributed by atoms with Crippen molar-refractivity contribution < 1.29 is 14.0 Å². The summed E-state index contributed by atoms with van der Waals surface area (Å²) in [5.41, 5.74) is 6.69. The van der Waals surface area contributed by atoms with Crippen LogP contribution in [0.5, 0.6) is 0 Å². The van der Waals surface area contributed by atoms with E-state index in [9.17, 15) is 14.9 Å². The molecule has 282 valence electrons. The number of nitrogens with one attached hydrogen (secondary N) is 1. The van der Waals surface area contributed by atoms with E-state index in [1.807, 2.05) is 43.8 Å². The van der Waals surface area contributed by atoms with Gasteiger partial charge in [-0.3, -0.25) is 9.59 Å². The van der Waals surface area contributed by atoms with Crippen molar-refractivity contribution in [3.63, 3.8) is 0 Å². The zero-order valence-electron chi connectivity index (χ0n) is 33.4. The molecule has 8 unspecified atom stereocenters. The normalized spacial score (nSPS) is 30.5. The molecule has 3 fully saturated rings. The molecule has 1 aromatic rings. The number of nitrogens with zero attached hydrogens (tertiary/aromatic N) is 6. The Balaban J connectivity index is 0.000000797. The second-order valence-corrected chi connectivity index (χ2v) is 15.2. The highest BCUT2D eigenvalue weighted by Gasteiger charge is 2.60. The van der Waals surface area contributed by atoms with Gasteiger partial charge in [-0.2, -0.15) is 5.26 Å². The first-order chi connectivity index (χ1) is 24.8. The Morgan fingerprint density at radius 3 is 2.46 bits per heavy atom. The highest BCUT2D eigenvalue weighted by molar-refractivity contribution is 5.81. The van der Waals surface area contributed by atoms with Gasteiger partial charge in [-0.05, 0) is 93.2 Å². The molecule has 1 N–H and O–H groups in total. The van der Waals surface area contributed by atoms with Gasteiger partial charge in [0.2, 0.25) is 24.1 Å². The van der Waals surface area contributed by atoms with Crippen LogP contribution < -0.4 is 5.32 Å². The minimum Gasteiger partial charge on any atom is -0.427 e. The first-order valence-corrected chi connectivity index (χ1v) is 19.0. The average molecular weight is 712 g/mol. The molecular formula is C42H61N7O3. The number of hydrogen-bond donors (Lipinski definition) is 1. The number of nitriles is 1. The van der Waals surface area contributed by atoms with E-state index in [2.05, 4.69) is 81.0 Å². The lowest BCUT2D eigenvalue weighted by atomic mass is 9.65. The minimum absolute atomic E-state index is 0.0148. The smallest absolute Gasteiger partial charge is 0.237 e. The monoisotopic (exact) mass is 711 g/mol. The Labute approximate surface area is 312 Å². The number of likely N-dealkylation sites (tertiary alicyclic amines) is 1. The van der Waals surface area contributed by atoms with E-state index in [1.165, 1.54) is 28.7 Å².